The molecule has 1 heterocycles. The molecule has 152 valence electrons. The molecule has 0 aromatic carbocycles. The number of ether oxygens (including phenoxy) is 2. The number of esters is 1. The van der Waals surface area contributed by atoms with Crippen LogP contribution in [0.5, 0.6) is 0 Å². The van der Waals surface area contributed by atoms with Crippen LogP contribution in [0.25, 0.3) is 0 Å². The van der Waals surface area contributed by atoms with Gasteiger partial charge >= 0.3 is 5.97 Å². The van der Waals surface area contributed by atoms with Gasteiger partial charge in [-0.3, -0.25) is 4.79 Å². The van der Waals surface area contributed by atoms with Gasteiger partial charge in [0.1, 0.15) is 0 Å². The highest BCUT2D eigenvalue weighted by Crippen LogP contribution is 2.74. The molecule has 9 atom stereocenters. The number of hydrogen-bond donors (Lipinski definition) is 2. The molecule has 1 aliphatic heterocycles. The zero-order valence-electron chi connectivity index (χ0n) is 16.9. The first-order valence-electron chi connectivity index (χ1n) is 10.8. The normalized spacial score (nSPS) is 58.5. The molecule has 0 amide bonds. The maximum absolute atomic E-state index is 11.5. The minimum atomic E-state index is -0.496. The first kappa shape index (κ1) is 18.4. The molecule has 0 radical (unpaired) electrons. The van der Waals surface area contributed by atoms with E-state index in [-0.39, 0.29) is 41.0 Å². The van der Waals surface area contributed by atoms with E-state index < -0.39 is 11.5 Å². The molecule has 5 rings (SSSR count). The smallest absolute Gasteiger partial charge is 0.302 e. The predicted molar refractivity (Wildman–Crippen MR) is 98.8 cm³/mol. The Morgan fingerprint density at radius 1 is 1.15 bits per heavy atom. The summed E-state index contributed by atoms with van der Waals surface area (Å²) in [6, 6.07) is 0. The van der Waals surface area contributed by atoms with Crippen molar-refractivity contribution in [1.29, 1.82) is 0 Å². The quantitative estimate of drug-likeness (QED) is 0.570. The van der Waals surface area contributed by atoms with Crippen LogP contribution in [0.3, 0.4) is 0 Å². The van der Waals surface area contributed by atoms with Gasteiger partial charge in [0.2, 0.25) is 0 Å². The summed E-state index contributed by atoms with van der Waals surface area (Å²) in [6.45, 7) is 7.01. The number of aliphatic hydroxyl groups excluding tert-OH is 2. The molecular weight excluding hydrogens is 344 g/mol. The number of hydrogen-bond acceptors (Lipinski definition) is 5. The number of aliphatic hydroxyl groups is 2. The van der Waals surface area contributed by atoms with Crippen molar-refractivity contribution in [2.75, 3.05) is 13.2 Å². The first-order valence-corrected chi connectivity index (χ1v) is 10.8. The third-order valence-corrected chi connectivity index (χ3v) is 9.83. The summed E-state index contributed by atoms with van der Waals surface area (Å²) < 4.78 is 11.4. The molecule has 2 spiro atoms. The van der Waals surface area contributed by atoms with E-state index in [1.165, 1.54) is 13.3 Å². The van der Waals surface area contributed by atoms with E-state index in [9.17, 15) is 15.0 Å². The van der Waals surface area contributed by atoms with E-state index in [0.29, 0.717) is 18.3 Å². The fourth-order valence-corrected chi connectivity index (χ4v) is 8.41. The number of fused-ring (bicyclic) bond motifs is 4. The van der Waals surface area contributed by atoms with Crippen LogP contribution < -0.4 is 0 Å². The highest BCUT2D eigenvalue weighted by Gasteiger charge is 2.74. The van der Waals surface area contributed by atoms with Gasteiger partial charge in [0.15, 0.2) is 0 Å². The average Bonchev–Trinajstić information content (AvgIpc) is 3.35. The zero-order valence-corrected chi connectivity index (χ0v) is 16.9. The maximum atomic E-state index is 11.5. The Hall–Kier alpha value is -0.650. The fourth-order valence-electron chi connectivity index (χ4n) is 8.41. The van der Waals surface area contributed by atoms with E-state index in [1.807, 2.05) is 0 Å². The van der Waals surface area contributed by atoms with Gasteiger partial charge < -0.3 is 19.7 Å². The molecule has 5 aliphatic rings. The fraction of sp³-hybridized carbons (Fsp3) is 0.955. The molecule has 2 bridgehead atoms. The summed E-state index contributed by atoms with van der Waals surface area (Å²) in [6.07, 6.45) is 6.06. The summed E-state index contributed by atoms with van der Waals surface area (Å²) in [4.78, 5) is 11.5. The Kier molecular flexibility index (Phi) is 3.73. The van der Waals surface area contributed by atoms with Crippen molar-refractivity contribution in [2.24, 2.45) is 34.0 Å². The Labute approximate surface area is 161 Å². The molecule has 5 heteroatoms. The third-order valence-electron chi connectivity index (χ3n) is 9.83. The number of carbonyl (C=O) groups excluding carboxylic acids is 1. The Morgan fingerprint density at radius 3 is 2.56 bits per heavy atom. The van der Waals surface area contributed by atoms with E-state index in [0.717, 1.165) is 38.7 Å². The van der Waals surface area contributed by atoms with E-state index >= 15 is 0 Å². The molecule has 4 aliphatic carbocycles. The molecule has 0 unspecified atom stereocenters. The second kappa shape index (κ2) is 5.48. The standard InChI is InChI=1S/C22H34O5/c1-13(23)26-11-20(3)16-8-18(25)21-9-14(22(10-21)12-27-22)4-5-15(21)19(16,2)7-6-17(20)24/h14-18,24-25H,4-12H2,1-3H3/t14-,15-,16+,17+,18-,19-,20+,21-,22-/m0/s1. The molecule has 5 fully saturated rings. The summed E-state index contributed by atoms with van der Waals surface area (Å²) in [5.41, 5.74) is -0.382. The largest absolute Gasteiger partial charge is 0.465 e. The lowest BCUT2D eigenvalue weighted by atomic mass is 9.40. The van der Waals surface area contributed by atoms with Gasteiger partial charge in [-0.25, -0.2) is 0 Å². The third kappa shape index (κ3) is 2.25. The van der Waals surface area contributed by atoms with Gasteiger partial charge in [-0.1, -0.05) is 13.8 Å². The highest BCUT2D eigenvalue weighted by atomic mass is 16.6. The van der Waals surface area contributed by atoms with Crippen LogP contribution in [0.15, 0.2) is 0 Å². The minimum Gasteiger partial charge on any atom is -0.465 e. The van der Waals surface area contributed by atoms with Crippen molar-refractivity contribution < 1.29 is 24.5 Å². The molecule has 1 saturated heterocycles. The highest BCUT2D eigenvalue weighted by molar-refractivity contribution is 5.65. The molecule has 5 nitrogen and oxygen atoms in total. The van der Waals surface area contributed by atoms with Gasteiger partial charge in [-0.2, -0.15) is 0 Å². The van der Waals surface area contributed by atoms with Crippen LogP contribution in [-0.4, -0.2) is 47.2 Å². The lowest BCUT2D eigenvalue weighted by molar-refractivity contribution is -0.233. The second-order valence-corrected chi connectivity index (χ2v) is 10.9. The van der Waals surface area contributed by atoms with Crippen molar-refractivity contribution in [2.45, 2.75) is 83.5 Å². The number of epoxide rings is 1. The van der Waals surface area contributed by atoms with Gasteiger partial charge in [-0.05, 0) is 68.1 Å². The van der Waals surface area contributed by atoms with Crippen molar-refractivity contribution in [3.8, 4) is 0 Å². The lowest BCUT2D eigenvalue weighted by Gasteiger charge is -2.66. The Morgan fingerprint density at radius 2 is 1.89 bits per heavy atom. The van der Waals surface area contributed by atoms with E-state index in [1.54, 1.807) is 0 Å². The van der Waals surface area contributed by atoms with Crippen LogP contribution in [0, 0.1) is 34.0 Å². The zero-order chi connectivity index (χ0) is 19.2. The summed E-state index contributed by atoms with van der Waals surface area (Å²) >= 11 is 0. The van der Waals surface area contributed by atoms with Gasteiger partial charge in [0.05, 0.1) is 31.0 Å². The number of carbonyl (C=O) groups is 1. The Balaban J connectivity index is 1.52. The molecule has 2 N–H and O–H groups in total. The van der Waals surface area contributed by atoms with Crippen LogP contribution >= 0.6 is 0 Å². The SMILES string of the molecule is CC(=O)OC[C@]1(C)[C@@H]2C[C@H](O)[C@]34C[C@H](CC[C@H]3[C@]2(C)CC[C@H]1O)[C@@]1(CO1)C4. The Bertz CT molecular complexity index is 659. The van der Waals surface area contributed by atoms with Crippen LogP contribution in [0.1, 0.15) is 65.7 Å². The molecule has 0 aromatic heterocycles. The molecule has 4 saturated carbocycles. The molecule has 0 aromatic rings. The van der Waals surface area contributed by atoms with Gasteiger partial charge in [0.25, 0.3) is 0 Å². The van der Waals surface area contributed by atoms with E-state index in [2.05, 4.69) is 13.8 Å². The summed E-state index contributed by atoms with van der Waals surface area (Å²) in [7, 11) is 0. The van der Waals surface area contributed by atoms with Gasteiger partial charge in [0, 0.05) is 17.8 Å². The topological polar surface area (TPSA) is 79.3 Å². The second-order valence-electron chi connectivity index (χ2n) is 10.9. The number of rotatable bonds is 2. The monoisotopic (exact) mass is 378 g/mol. The van der Waals surface area contributed by atoms with Crippen LogP contribution in [0.2, 0.25) is 0 Å². The van der Waals surface area contributed by atoms with Crippen molar-refractivity contribution in [1.82, 2.24) is 0 Å². The summed E-state index contributed by atoms with van der Waals surface area (Å²) in [5, 5.41) is 22.4. The van der Waals surface area contributed by atoms with Crippen molar-refractivity contribution >= 4 is 5.97 Å². The van der Waals surface area contributed by atoms with Crippen LogP contribution in [-0.2, 0) is 14.3 Å². The van der Waals surface area contributed by atoms with Crippen molar-refractivity contribution in [3.05, 3.63) is 0 Å². The minimum absolute atomic E-state index is 0.0185. The summed E-state index contributed by atoms with van der Waals surface area (Å²) in [5.74, 6) is 0.937. The van der Waals surface area contributed by atoms with Gasteiger partial charge in [-0.15, -0.1) is 0 Å². The molecular formula is C22H34O5. The van der Waals surface area contributed by atoms with Crippen LogP contribution in [0.4, 0.5) is 0 Å². The maximum Gasteiger partial charge on any atom is 0.302 e. The molecule has 27 heavy (non-hydrogen) atoms. The first-order chi connectivity index (χ1) is 12.7. The average molecular weight is 379 g/mol. The van der Waals surface area contributed by atoms with E-state index in [4.69, 9.17) is 9.47 Å². The van der Waals surface area contributed by atoms with Crippen molar-refractivity contribution in [3.63, 3.8) is 0 Å². The lowest BCUT2D eigenvalue weighted by Crippen LogP contribution is -2.65. The predicted octanol–water partition coefficient (Wildman–Crippen LogP) is 2.67.